The summed E-state index contributed by atoms with van der Waals surface area (Å²) >= 11 is 12.0. The van der Waals surface area contributed by atoms with Crippen LogP contribution in [-0.4, -0.2) is 24.2 Å². The second-order valence-electron chi connectivity index (χ2n) is 7.77. The van der Waals surface area contributed by atoms with Crippen molar-refractivity contribution in [2.75, 3.05) is 11.4 Å². The van der Waals surface area contributed by atoms with Crippen LogP contribution >= 0.6 is 23.2 Å². The Kier molecular flexibility index (Phi) is 6.06. The summed E-state index contributed by atoms with van der Waals surface area (Å²) in [7, 11) is 0. The Morgan fingerprint density at radius 2 is 1.93 bits per heavy atom. The van der Waals surface area contributed by atoms with Crippen LogP contribution in [0, 0.1) is 6.92 Å². The van der Waals surface area contributed by atoms with E-state index in [1.807, 2.05) is 6.92 Å². The van der Waals surface area contributed by atoms with Crippen molar-refractivity contribution in [3.8, 4) is 0 Å². The number of allylic oxidation sites excluding steroid dienone is 1. The van der Waals surface area contributed by atoms with Gasteiger partial charge in [0, 0.05) is 22.8 Å². The molecule has 3 rings (SSSR count). The molecule has 0 atom stereocenters. The number of amides is 1. The van der Waals surface area contributed by atoms with Crippen LogP contribution in [-0.2, 0) is 0 Å². The third-order valence-corrected chi connectivity index (χ3v) is 5.77. The van der Waals surface area contributed by atoms with Gasteiger partial charge in [0.05, 0.1) is 22.3 Å². The Labute approximate surface area is 182 Å². The molecule has 0 spiro atoms. The molecule has 0 radical (unpaired) electrons. The Balaban J connectivity index is 1.86. The van der Waals surface area contributed by atoms with Crippen LogP contribution in [0.2, 0.25) is 10.0 Å². The van der Waals surface area contributed by atoms with Gasteiger partial charge in [-0.3, -0.25) is 4.79 Å². The molecule has 152 valence electrons. The minimum atomic E-state index is -0.381. The van der Waals surface area contributed by atoms with Gasteiger partial charge in [-0.05, 0) is 81.7 Å². The first-order valence-corrected chi connectivity index (χ1v) is 10.3. The smallest absolute Gasteiger partial charge is 0.272 e. The number of benzene rings is 2. The monoisotopic (exact) mass is 429 g/mol. The molecule has 2 aromatic rings. The van der Waals surface area contributed by atoms with Crippen LogP contribution in [0.4, 0.5) is 5.69 Å². The van der Waals surface area contributed by atoms with Crippen molar-refractivity contribution in [3.63, 3.8) is 0 Å². The number of hydrogen-bond donors (Lipinski definition) is 1. The number of aryl methyl sites for hydroxylation is 1. The van der Waals surface area contributed by atoms with Crippen molar-refractivity contribution in [2.45, 2.75) is 40.2 Å². The van der Waals surface area contributed by atoms with Crippen LogP contribution in [0.3, 0.4) is 0 Å². The highest BCUT2D eigenvalue weighted by molar-refractivity contribution is 6.36. The zero-order valence-electron chi connectivity index (χ0n) is 17.3. The van der Waals surface area contributed by atoms with E-state index in [2.05, 4.69) is 61.3 Å². The fourth-order valence-corrected chi connectivity index (χ4v) is 4.35. The van der Waals surface area contributed by atoms with Crippen molar-refractivity contribution < 1.29 is 4.79 Å². The Morgan fingerprint density at radius 1 is 1.21 bits per heavy atom. The maximum Gasteiger partial charge on any atom is 0.272 e. The first-order chi connectivity index (χ1) is 13.6. The summed E-state index contributed by atoms with van der Waals surface area (Å²) in [5.41, 5.74) is 8.53. The number of rotatable bonds is 4. The van der Waals surface area contributed by atoms with Crippen LogP contribution in [0.5, 0.6) is 0 Å². The molecule has 4 nitrogen and oxygen atoms in total. The zero-order chi connectivity index (χ0) is 21.3. The van der Waals surface area contributed by atoms with Gasteiger partial charge in [-0.2, -0.15) is 5.10 Å². The molecule has 0 saturated heterocycles. The number of nitrogens with one attached hydrogen (secondary N) is 1. The van der Waals surface area contributed by atoms with Crippen molar-refractivity contribution in [1.82, 2.24) is 5.43 Å². The molecule has 0 unspecified atom stereocenters. The highest BCUT2D eigenvalue weighted by Crippen LogP contribution is 2.39. The molecule has 2 aromatic carbocycles. The fraction of sp³-hybridized carbons (Fsp3) is 0.304. The number of fused-ring (bicyclic) bond motifs is 1. The largest absolute Gasteiger partial charge is 0.363 e. The molecule has 1 aliphatic heterocycles. The molecule has 0 aromatic heterocycles. The van der Waals surface area contributed by atoms with E-state index in [0.29, 0.717) is 10.6 Å². The Hall–Kier alpha value is -2.30. The van der Waals surface area contributed by atoms with E-state index in [4.69, 9.17) is 23.2 Å². The third kappa shape index (κ3) is 4.34. The number of likely N-dealkylation sites (N-methyl/N-ethyl adjacent to an activating group) is 1. The zero-order valence-corrected chi connectivity index (χ0v) is 18.8. The van der Waals surface area contributed by atoms with Gasteiger partial charge in [0.15, 0.2) is 0 Å². The molecule has 1 amide bonds. The van der Waals surface area contributed by atoms with E-state index in [0.717, 1.165) is 17.7 Å². The van der Waals surface area contributed by atoms with Crippen molar-refractivity contribution in [2.24, 2.45) is 5.10 Å². The maximum atomic E-state index is 12.3. The lowest BCUT2D eigenvalue weighted by Gasteiger charge is -2.43. The van der Waals surface area contributed by atoms with Crippen LogP contribution in [0.15, 0.2) is 41.5 Å². The van der Waals surface area contributed by atoms with E-state index < -0.39 is 0 Å². The molecule has 0 saturated carbocycles. The molecule has 1 N–H and O–H groups in total. The lowest BCUT2D eigenvalue weighted by atomic mass is 9.87. The van der Waals surface area contributed by atoms with Crippen LogP contribution in [0.25, 0.3) is 5.57 Å². The summed E-state index contributed by atoms with van der Waals surface area (Å²) in [4.78, 5) is 14.7. The minimum absolute atomic E-state index is 0.0281. The van der Waals surface area contributed by atoms with Crippen LogP contribution in [0.1, 0.15) is 54.7 Å². The average Bonchev–Trinajstić information content (AvgIpc) is 2.62. The number of nitrogens with zero attached hydrogens (tertiary/aromatic N) is 2. The van der Waals surface area contributed by atoms with Crippen LogP contribution < -0.4 is 10.3 Å². The number of anilines is 1. The van der Waals surface area contributed by atoms with E-state index in [-0.39, 0.29) is 16.5 Å². The van der Waals surface area contributed by atoms with Crippen molar-refractivity contribution in [3.05, 3.63) is 68.7 Å². The van der Waals surface area contributed by atoms with E-state index in [9.17, 15) is 4.79 Å². The molecule has 0 aliphatic carbocycles. The predicted octanol–water partition coefficient (Wildman–Crippen LogP) is 6.09. The van der Waals surface area contributed by atoms with E-state index in [1.165, 1.54) is 22.9 Å². The summed E-state index contributed by atoms with van der Waals surface area (Å²) in [6.45, 7) is 11.7. The lowest BCUT2D eigenvalue weighted by molar-refractivity contribution is 0.0955. The number of carbonyl (C=O) groups excluding carboxylic acids is 1. The normalized spacial score (nSPS) is 15.3. The average molecular weight is 430 g/mol. The van der Waals surface area contributed by atoms with E-state index >= 15 is 0 Å². The molecule has 0 bridgehead atoms. The number of carbonyl (C=O) groups is 1. The predicted molar refractivity (Wildman–Crippen MR) is 123 cm³/mol. The number of halogens is 2. The second-order valence-corrected chi connectivity index (χ2v) is 8.62. The fourth-order valence-electron chi connectivity index (χ4n) is 3.86. The van der Waals surface area contributed by atoms with Crippen molar-refractivity contribution in [1.29, 1.82) is 0 Å². The SMILES string of the molecule is CCN1c2cc(C)c(/C=N\NC(=O)c3ccc(Cl)cc3Cl)cc2C(C)=CC1(C)C. The summed E-state index contributed by atoms with van der Waals surface area (Å²) < 4.78 is 0. The maximum absolute atomic E-state index is 12.3. The minimum Gasteiger partial charge on any atom is -0.363 e. The third-order valence-electron chi connectivity index (χ3n) is 5.23. The summed E-state index contributed by atoms with van der Waals surface area (Å²) in [6.07, 6.45) is 3.96. The van der Waals surface area contributed by atoms with Gasteiger partial charge in [-0.25, -0.2) is 5.43 Å². The highest BCUT2D eigenvalue weighted by Gasteiger charge is 2.30. The van der Waals surface area contributed by atoms with Gasteiger partial charge < -0.3 is 4.90 Å². The number of hydrogen-bond acceptors (Lipinski definition) is 3. The lowest BCUT2D eigenvalue weighted by Crippen LogP contribution is -2.45. The van der Waals surface area contributed by atoms with Gasteiger partial charge in [0.25, 0.3) is 5.91 Å². The van der Waals surface area contributed by atoms with Gasteiger partial charge >= 0.3 is 0 Å². The molecule has 1 heterocycles. The number of hydrazone groups is 1. The standard InChI is InChI=1S/C23H25Cl2N3O/c1-6-28-21-9-14(2)16(10-19(21)15(3)12-23(28,4)5)13-26-27-22(29)18-8-7-17(24)11-20(18)25/h7-13H,6H2,1-5H3,(H,27,29)/b26-13-. The first-order valence-electron chi connectivity index (χ1n) is 9.54. The van der Waals surface area contributed by atoms with Crippen molar-refractivity contribution >= 4 is 46.6 Å². The molecule has 29 heavy (non-hydrogen) atoms. The van der Waals surface area contributed by atoms with Gasteiger partial charge in [0.2, 0.25) is 0 Å². The first kappa shape index (κ1) is 21.4. The topological polar surface area (TPSA) is 44.7 Å². The highest BCUT2D eigenvalue weighted by atomic mass is 35.5. The second kappa shape index (κ2) is 8.21. The summed E-state index contributed by atoms with van der Waals surface area (Å²) in [5.74, 6) is -0.381. The molecule has 1 aliphatic rings. The Morgan fingerprint density at radius 3 is 2.59 bits per heavy atom. The van der Waals surface area contributed by atoms with Gasteiger partial charge in [-0.15, -0.1) is 0 Å². The molecular formula is C23H25Cl2N3O. The summed E-state index contributed by atoms with van der Waals surface area (Å²) in [6, 6.07) is 9.05. The van der Waals surface area contributed by atoms with Gasteiger partial charge in [0.1, 0.15) is 0 Å². The summed E-state index contributed by atoms with van der Waals surface area (Å²) in [5, 5.41) is 4.90. The van der Waals surface area contributed by atoms with E-state index in [1.54, 1.807) is 18.3 Å². The quantitative estimate of drug-likeness (QED) is 0.472. The Bertz CT molecular complexity index is 1030. The molecule has 0 fully saturated rings. The van der Waals surface area contributed by atoms with Gasteiger partial charge in [-0.1, -0.05) is 29.3 Å². The molecular weight excluding hydrogens is 405 g/mol. The molecule has 6 heteroatoms.